The molecule has 1 aliphatic heterocycles. The Morgan fingerprint density at radius 3 is 2.12 bits per heavy atom. The van der Waals surface area contributed by atoms with E-state index in [0.29, 0.717) is 0 Å². The second kappa shape index (κ2) is 4.00. The van der Waals surface area contributed by atoms with Crippen molar-refractivity contribution in [1.29, 1.82) is 0 Å². The normalized spacial score (nSPS) is 13.6. The molecule has 0 radical (unpaired) electrons. The van der Waals surface area contributed by atoms with Crippen LogP contribution < -0.4 is 5.32 Å². The van der Waals surface area contributed by atoms with Gasteiger partial charge in [-0.1, -0.05) is 6.42 Å². The van der Waals surface area contributed by atoms with E-state index in [4.69, 9.17) is 5.11 Å². The smallest absolute Gasteiger partial charge is 0.221 e. The molecule has 1 rings (SSSR count). The van der Waals surface area contributed by atoms with Crippen molar-refractivity contribution in [3.8, 4) is 12.5 Å². The number of aliphatic hydroxyl groups excluding tert-OH is 1. The van der Waals surface area contributed by atoms with Crippen molar-refractivity contribution in [1.82, 2.24) is 5.32 Å². The lowest BCUT2D eigenvalue weighted by Crippen LogP contribution is -2.37. The van der Waals surface area contributed by atoms with Crippen LogP contribution in [-0.4, -0.2) is 17.6 Å². The topological polar surface area (TPSA) is 49.3 Å². The van der Waals surface area contributed by atoms with Crippen molar-refractivity contribution in [2.24, 2.45) is 0 Å². The molecule has 0 spiro atoms. The van der Waals surface area contributed by atoms with Gasteiger partial charge in [0.05, 0.1) is 0 Å². The standard InChI is InChI=1S/C3H5NO.C2H2O/c5-3-1-2-4-3;1-2-3/h1-2H2,(H,4,5);1,3H. The predicted octanol–water partition coefficient (Wildman–Crippen LogP) is -0.544. The van der Waals surface area contributed by atoms with Crippen molar-refractivity contribution in [2.75, 3.05) is 6.54 Å². The van der Waals surface area contributed by atoms with Crippen LogP contribution in [0.4, 0.5) is 0 Å². The molecule has 0 aromatic carbocycles. The zero-order valence-electron chi connectivity index (χ0n) is 4.35. The fraction of sp³-hybridized carbons (Fsp3) is 0.400. The first kappa shape index (κ1) is 6.83. The van der Waals surface area contributed by atoms with Gasteiger partial charge in [0.2, 0.25) is 5.91 Å². The summed E-state index contributed by atoms with van der Waals surface area (Å²) in [5.74, 6) is 0.185. The Morgan fingerprint density at radius 1 is 1.88 bits per heavy atom. The quantitative estimate of drug-likeness (QED) is 0.327. The Labute approximate surface area is 47.7 Å². The molecule has 1 saturated heterocycles. The second-order valence-corrected chi connectivity index (χ2v) is 1.23. The Morgan fingerprint density at radius 2 is 2.12 bits per heavy atom. The largest absolute Gasteiger partial charge is 0.462 e. The van der Waals surface area contributed by atoms with E-state index < -0.39 is 0 Å². The van der Waals surface area contributed by atoms with Gasteiger partial charge in [0, 0.05) is 13.0 Å². The van der Waals surface area contributed by atoms with Gasteiger partial charge in [0.15, 0.2) is 0 Å². The Balaban J connectivity index is 0.000000145. The van der Waals surface area contributed by atoms with Gasteiger partial charge in [-0.15, -0.1) is 0 Å². The third-order valence-corrected chi connectivity index (χ3v) is 0.674. The predicted molar refractivity (Wildman–Crippen MR) is 28.4 cm³/mol. The highest BCUT2D eigenvalue weighted by Gasteiger charge is 2.07. The van der Waals surface area contributed by atoms with Gasteiger partial charge < -0.3 is 10.4 Å². The van der Waals surface area contributed by atoms with E-state index in [-0.39, 0.29) is 5.91 Å². The molecule has 0 aromatic heterocycles. The summed E-state index contributed by atoms with van der Waals surface area (Å²) < 4.78 is 0. The van der Waals surface area contributed by atoms with E-state index in [1.165, 1.54) is 6.11 Å². The fourth-order valence-corrected chi connectivity index (χ4v) is 0.227. The maximum Gasteiger partial charge on any atom is 0.221 e. The lowest BCUT2D eigenvalue weighted by atomic mass is 10.3. The van der Waals surface area contributed by atoms with Gasteiger partial charge in [-0.2, -0.15) is 0 Å². The maximum atomic E-state index is 9.79. The summed E-state index contributed by atoms with van der Waals surface area (Å²) >= 11 is 0. The van der Waals surface area contributed by atoms with Gasteiger partial charge in [-0.05, 0) is 0 Å². The van der Waals surface area contributed by atoms with Crippen LogP contribution in [-0.2, 0) is 4.79 Å². The van der Waals surface area contributed by atoms with E-state index in [9.17, 15) is 4.79 Å². The highest BCUT2D eigenvalue weighted by atomic mass is 16.2. The van der Waals surface area contributed by atoms with E-state index >= 15 is 0 Å². The van der Waals surface area contributed by atoms with Crippen molar-refractivity contribution < 1.29 is 9.90 Å². The van der Waals surface area contributed by atoms with Crippen molar-refractivity contribution >= 4 is 5.91 Å². The molecule has 1 fully saturated rings. The van der Waals surface area contributed by atoms with Crippen LogP contribution in [0.1, 0.15) is 6.42 Å². The van der Waals surface area contributed by atoms with Gasteiger partial charge in [-0.3, -0.25) is 4.79 Å². The number of aliphatic hydroxyl groups is 1. The van der Waals surface area contributed by atoms with Crippen LogP contribution in [0.2, 0.25) is 0 Å². The molecule has 1 aliphatic rings. The highest BCUT2D eigenvalue weighted by molar-refractivity contribution is 5.81. The summed E-state index contributed by atoms with van der Waals surface area (Å²) in [5.41, 5.74) is 0. The summed E-state index contributed by atoms with van der Waals surface area (Å²) in [5, 5.41) is 9.67. The first-order valence-electron chi connectivity index (χ1n) is 2.17. The molecule has 0 aliphatic carbocycles. The Bertz CT molecular complexity index is 108. The molecule has 1 heterocycles. The number of hydrogen-bond acceptors (Lipinski definition) is 2. The van der Waals surface area contributed by atoms with E-state index in [2.05, 4.69) is 11.7 Å². The SMILES string of the molecule is C#CO.O=C1CCN1. The molecule has 2 N–H and O–H groups in total. The average Bonchev–Trinajstić information content (AvgIpc) is 1.64. The van der Waals surface area contributed by atoms with Crippen LogP contribution in [0, 0.1) is 12.5 Å². The number of carbonyl (C=O) groups is 1. The molecule has 44 valence electrons. The zero-order chi connectivity index (χ0) is 6.41. The average molecular weight is 113 g/mol. The van der Waals surface area contributed by atoms with E-state index in [1.54, 1.807) is 0 Å². The highest BCUT2D eigenvalue weighted by Crippen LogP contribution is 1.85. The Kier molecular flexibility index (Phi) is 3.42. The van der Waals surface area contributed by atoms with Crippen LogP contribution in [0.25, 0.3) is 0 Å². The summed E-state index contributed by atoms with van der Waals surface area (Å²) in [6.45, 7) is 0.888. The molecule has 3 heteroatoms. The number of hydrogen-bond donors (Lipinski definition) is 2. The zero-order valence-corrected chi connectivity index (χ0v) is 4.35. The lowest BCUT2D eigenvalue weighted by Gasteiger charge is -2.10. The molecule has 1 amide bonds. The lowest BCUT2D eigenvalue weighted by molar-refractivity contribution is -0.125. The number of rotatable bonds is 0. The summed E-state index contributed by atoms with van der Waals surface area (Å²) in [6.07, 6.45) is 6.14. The number of nitrogens with one attached hydrogen (secondary N) is 1. The molecule has 3 nitrogen and oxygen atoms in total. The van der Waals surface area contributed by atoms with Crippen LogP contribution in [0.3, 0.4) is 0 Å². The van der Waals surface area contributed by atoms with E-state index in [0.717, 1.165) is 13.0 Å². The summed E-state index contributed by atoms with van der Waals surface area (Å²) in [7, 11) is 0. The first-order chi connectivity index (χ1) is 3.81. The van der Waals surface area contributed by atoms with Gasteiger partial charge in [-0.25, -0.2) is 0 Å². The van der Waals surface area contributed by atoms with E-state index in [1.807, 2.05) is 0 Å². The van der Waals surface area contributed by atoms with Crippen molar-refractivity contribution in [3.05, 3.63) is 0 Å². The van der Waals surface area contributed by atoms with Crippen molar-refractivity contribution in [3.63, 3.8) is 0 Å². The van der Waals surface area contributed by atoms with Crippen molar-refractivity contribution in [2.45, 2.75) is 6.42 Å². The molecule has 0 aromatic rings. The minimum atomic E-state index is 0.185. The van der Waals surface area contributed by atoms with Gasteiger partial charge in [0.25, 0.3) is 0 Å². The fourth-order valence-electron chi connectivity index (χ4n) is 0.227. The molecule has 0 atom stereocenters. The van der Waals surface area contributed by atoms with Crippen LogP contribution in [0.5, 0.6) is 0 Å². The molecular weight excluding hydrogens is 106 g/mol. The molecule has 0 saturated carbocycles. The number of terminal acetylenes is 1. The maximum absolute atomic E-state index is 9.79. The van der Waals surface area contributed by atoms with Crippen LogP contribution in [0.15, 0.2) is 0 Å². The van der Waals surface area contributed by atoms with Gasteiger partial charge >= 0.3 is 0 Å². The third-order valence-electron chi connectivity index (χ3n) is 0.674. The van der Waals surface area contributed by atoms with Gasteiger partial charge in [0.1, 0.15) is 6.11 Å². The summed E-state index contributed by atoms with van der Waals surface area (Å²) in [4.78, 5) is 9.79. The molecular formula is C5H7NO2. The number of carbonyl (C=O) groups excluding carboxylic acids is 1. The summed E-state index contributed by atoms with van der Waals surface area (Å²) in [6, 6.07) is 0. The number of amides is 1. The third kappa shape index (κ3) is 3.04. The second-order valence-electron chi connectivity index (χ2n) is 1.23. The Hall–Kier alpha value is -1.17. The molecule has 8 heavy (non-hydrogen) atoms. The van der Waals surface area contributed by atoms with Crippen LogP contribution >= 0.6 is 0 Å². The minimum Gasteiger partial charge on any atom is -0.462 e. The monoisotopic (exact) mass is 113 g/mol. The molecule has 0 bridgehead atoms. The molecule has 0 unspecified atom stereocenters. The first-order valence-corrected chi connectivity index (χ1v) is 2.17. The number of β-lactam (4-membered cyclic amide) rings is 1. The minimum absolute atomic E-state index is 0.185.